The van der Waals surface area contributed by atoms with Crippen LogP contribution >= 0.6 is 22.9 Å². The smallest absolute Gasteiger partial charge is 0.271 e. The lowest BCUT2D eigenvalue weighted by atomic mass is 9.88. The average Bonchev–Trinajstić information content (AvgIpc) is 3.66. The molecule has 0 atom stereocenters. The first-order valence-electron chi connectivity index (χ1n) is 13.0. The molecule has 0 fully saturated rings. The van der Waals surface area contributed by atoms with Crippen LogP contribution in [0.25, 0.3) is 0 Å². The van der Waals surface area contributed by atoms with Gasteiger partial charge in [0.15, 0.2) is 0 Å². The number of furan rings is 1. The SMILES string of the molecule is O=C(NCc1ccco1)c1csc(CN(CCC(c2ccccc2)c2ccccc2)Cc2cccc(Cl)c2)n1. The molecule has 39 heavy (non-hydrogen) atoms. The van der Waals surface area contributed by atoms with Crippen LogP contribution in [0.5, 0.6) is 0 Å². The van der Waals surface area contributed by atoms with Gasteiger partial charge in [0.2, 0.25) is 0 Å². The summed E-state index contributed by atoms with van der Waals surface area (Å²) in [5.41, 5.74) is 4.18. The van der Waals surface area contributed by atoms with Gasteiger partial charge in [0.05, 0.1) is 19.4 Å². The first kappa shape index (κ1) is 26.9. The lowest BCUT2D eigenvalue weighted by molar-refractivity contribution is 0.0943. The Hall–Kier alpha value is -3.71. The Morgan fingerprint density at radius 1 is 0.923 bits per heavy atom. The van der Waals surface area contributed by atoms with Crippen molar-refractivity contribution < 1.29 is 9.21 Å². The Morgan fingerprint density at radius 2 is 1.67 bits per heavy atom. The minimum absolute atomic E-state index is 0.205. The first-order valence-corrected chi connectivity index (χ1v) is 14.2. The number of aromatic nitrogens is 1. The second-order valence-electron chi connectivity index (χ2n) is 9.39. The number of benzene rings is 3. The van der Waals surface area contributed by atoms with Gasteiger partial charge in [0.1, 0.15) is 16.5 Å². The summed E-state index contributed by atoms with van der Waals surface area (Å²) in [5, 5.41) is 6.32. The van der Waals surface area contributed by atoms with Crippen LogP contribution in [-0.2, 0) is 19.6 Å². The Kier molecular flexibility index (Phi) is 9.22. The van der Waals surface area contributed by atoms with Gasteiger partial charge in [-0.25, -0.2) is 4.98 Å². The zero-order valence-corrected chi connectivity index (χ0v) is 23.1. The number of hydrogen-bond acceptors (Lipinski definition) is 5. The van der Waals surface area contributed by atoms with Crippen molar-refractivity contribution in [2.75, 3.05) is 6.54 Å². The maximum atomic E-state index is 12.7. The standard InChI is InChI=1S/C32H30ClN3O2S/c33-27-14-7-9-24(19-27)21-36(17-16-29(25-10-3-1-4-11-25)26-12-5-2-6-13-26)22-31-35-30(23-39-31)32(37)34-20-28-15-8-18-38-28/h1-15,18-19,23,29H,16-17,20-22H2,(H,34,37). The van der Waals surface area contributed by atoms with Gasteiger partial charge >= 0.3 is 0 Å². The molecule has 2 aromatic heterocycles. The summed E-state index contributed by atoms with van der Waals surface area (Å²) in [6.07, 6.45) is 2.54. The first-order chi connectivity index (χ1) is 19.1. The van der Waals surface area contributed by atoms with Crippen molar-refractivity contribution in [3.63, 3.8) is 0 Å². The molecule has 3 aromatic carbocycles. The number of carbonyl (C=O) groups excluding carboxylic acids is 1. The zero-order valence-electron chi connectivity index (χ0n) is 21.5. The molecule has 0 aliphatic heterocycles. The number of nitrogens with one attached hydrogen (secondary N) is 1. The van der Waals surface area contributed by atoms with Gasteiger partial charge in [0, 0.05) is 22.9 Å². The molecular formula is C32H30ClN3O2S. The normalized spacial score (nSPS) is 11.3. The van der Waals surface area contributed by atoms with E-state index >= 15 is 0 Å². The fourth-order valence-corrected chi connectivity index (χ4v) is 5.69. The Balaban J connectivity index is 1.31. The van der Waals surface area contributed by atoms with Crippen LogP contribution in [0.4, 0.5) is 0 Å². The van der Waals surface area contributed by atoms with E-state index in [9.17, 15) is 4.79 Å². The lowest BCUT2D eigenvalue weighted by Gasteiger charge is -2.25. The summed E-state index contributed by atoms with van der Waals surface area (Å²) >= 11 is 7.81. The third kappa shape index (κ3) is 7.67. The van der Waals surface area contributed by atoms with E-state index in [-0.39, 0.29) is 11.8 Å². The van der Waals surface area contributed by atoms with Crippen molar-refractivity contribution in [2.45, 2.75) is 32.0 Å². The molecule has 1 amide bonds. The van der Waals surface area contributed by atoms with E-state index in [0.29, 0.717) is 24.5 Å². The number of thiazole rings is 1. The van der Waals surface area contributed by atoms with Gasteiger partial charge in [-0.2, -0.15) is 0 Å². The van der Waals surface area contributed by atoms with Crippen molar-refractivity contribution in [1.82, 2.24) is 15.2 Å². The van der Waals surface area contributed by atoms with E-state index in [4.69, 9.17) is 16.0 Å². The van der Waals surface area contributed by atoms with Crippen LogP contribution in [0, 0.1) is 0 Å². The summed E-state index contributed by atoms with van der Waals surface area (Å²) < 4.78 is 5.30. The maximum absolute atomic E-state index is 12.7. The second-order valence-corrected chi connectivity index (χ2v) is 10.8. The minimum Gasteiger partial charge on any atom is -0.467 e. The molecule has 0 unspecified atom stereocenters. The van der Waals surface area contributed by atoms with Crippen LogP contribution < -0.4 is 5.32 Å². The molecule has 198 valence electrons. The highest BCUT2D eigenvalue weighted by atomic mass is 35.5. The largest absolute Gasteiger partial charge is 0.467 e. The Morgan fingerprint density at radius 3 is 2.33 bits per heavy atom. The molecular weight excluding hydrogens is 526 g/mol. The predicted molar refractivity (Wildman–Crippen MR) is 157 cm³/mol. The zero-order chi connectivity index (χ0) is 26.9. The molecule has 0 bridgehead atoms. The van der Waals surface area contributed by atoms with Crippen LogP contribution in [0.3, 0.4) is 0 Å². The molecule has 0 aliphatic carbocycles. The Labute approximate surface area is 238 Å². The van der Waals surface area contributed by atoms with Crippen LogP contribution in [0.15, 0.2) is 113 Å². The summed E-state index contributed by atoms with van der Waals surface area (Å²) in [7, 11) is 0. The molecule has 0 aliphatic rings. The summed E-state index contributed by atoms with van der Waals surface area (Å²) in [6, 6.07) is 32.9. The van der Waals surface area contributed by atoms with E-state index in [1.807, 2.05) is 29.6 Å². The Bertz CT molecular complexity index is 1420. The van der Waals surface area contributed by atoms with Gasteiger partial charge in [0.25, 0.3) is 5.91 Å². The highest BCUT2D eigenvalue weighted by Gasteiger charge is 2.18. The summed E-state index contributed by atoms with van der Waals surface area (Å²) in [6.45, 7) is 2.55. The van der Waals surface area contributed by atoms with Gasteiger partial charge in [-0.05, 0) is 53.9 Å². The van der Waals surface area contributed by atoms with E-state index < -0.39 is 0 Å². The van der Waals surface area contributed by atoms with Crippen LogP contribution in [-0.4, -0.2) is 22.3 Å². The van der Waals surface area contributed by atoms with Crippen LogP contribution in [0.2, 0.25) is 5.02 Å². The number of amides is 1. The van der Waals surface area contributed by atoms with Crippen molar-refractivity contribution in [3.8, 4) is 0 Å². The quantitative estimate of drug-likeness (QED) is 0.173. The van der Waals surface area contributed by atoms with Crippen molar-refractivity contribution in [2.24, 2.45) is 0 Å². The molecule has 7 heteroatoms. The number of hydrogen-bond donors (Lipinski definition) is 1. The molecule has 5 aromatic rings. The molecule has 5 nitrogen and oxygen atoms in total. The van der Waals surface area contributed by atoms with Crippen molar-refractivity contribution in [3.05, 3.63) is 147 Å². The topological polar surface area (TPSA) is 58.4 Å². The van der Waals surface area contributed by atoms with E-state index in [0.717, 1.165) is 35.1 Å². The molecule has 0 saturated carbocycles. The average molecular weight is 556 g/mol. The van der Waals surface area contributed by atoms with Gasteiger partial charge in [-0.1, -0.05) is 84.4 Å². The minimum atomic E-state index is -0.205. The number of nitrogens with zero attached hydrogens (tertiary/aromatic N) is 2. The van der Waals surface area contributed by atoms with Gasteiger partial charge in [-0.3, -0.25) is 9.69 Å². The maximum Gasteiger partial charge on any atom is 0.271 e. The fraction of sp³-hybridized carbons (Fsp3) is 0.188. The van der Waals surface area contributed by atoms with Gasteiger partial charge in [-0.15, -0.1) is 11.3 Å². The third-order valence-electron chi connectivity index (χ3n) is 6.58. The predicted octanol–water partition coefficient (Wildman–Crippen LogP) is 7.54. The molecule has 2 heterocycles. The van der Waals surface area contributed by atoms with E-state index in [1.54, 1.807) is 12.3 Å². The molecule has 0 radical (unpaired) electrons. The van der Waals surface area contributed by atoms with Crippen molar-refractivity contribution in [1.29, 1.82) is 0 Å². The van der Waals surface area contributed by atoms with E-state index in [1.165, 1.54) is 22.5 Å². The highest BCUT2D eigenvalue weighted by Crippen LogP contribution is 2.29. The number of rotatable bonds is 12. The monoisotopic (exact) mass is 555 g/mol. The molecule has 0 spiro atoms. The fourth-order valence-electron chi connectivity index (χ4n) is 4.67. The highest BCUT2D eigenvalue weighted by molar-refractivity contribution is 7.09. The van der Waals surface area contributed by atoms with Crippen molar-refractivity contribution >= 4 is 28.8 Å². The summed E-state index contributed by atoms with van der Waals surface area (Å²) in [5.74, 6) is 0.773. The molecule has 1 N–H and O–H groups in total. The molecule has 5 rings (SSSR count). The lowest BCUT2D eigenvalue weighted by Crippen LogP contribution is -2.26. The number of carbonyl (C=O) groups is 1. The third-order valence-corrected chi connectivity index (χ3v) is 7.65. The summed E-state index contributed by atoms with van der Waals surface area (Å²) in [4.78, 5) is 19.7. The van der Waals surface area contributed by atoms with Gasteiger partial charge < -0.3 is 9.73 Å². The van der Waals surface area contributed by atoms with E-state index in [2.05, 4.69) is 81.9 Å². The molecule has 0 saturated heterocycles. The van der Waals surface area contributed by atoms with Crippen LogP contribution in [0.1, 0.15) is 50.3 Å². The second kappa shape index (κ2) is 13.4. The number of halogens is 1.